The molecule has 1 aromatic rings. The van der Waals surface area contributed by atoms with Crippen LogP contribution in [0.15, 0.2) is 48.2 Å². The molecule has 1 aromatic carbocycles. The SMILES string of the molecule is COc1ccccc1C(C)CCNC1=CCCC=C1. The van der Waals surface area contributed by atoms with Crippen molar-refractivity contribution in [1.29, 1.82) is 0 Å². The van der Waals surface area contributed by atoms with Gasteiger partial charge in [-0.1, -0.05) is 37.3 Å². The molecule has 19 heavy (non-hydrogen) atoms. The maximum absolute atomic E-state index is 5.42. The largest absolute Gasteiger partial charge is 0.496 e. The highest BCUT2D eigenvalue weighted by Gasteiger charge is 2.10. The number of hydrogen-bond acceptors (Lipinski definition) is 2. The molecule has 0 heterocycles. The molecule has 2 rings (SSSR count). The lowest BCUT2D eigenvalue weighted by Gasteiger charge is -2.17. The van der Waals surface area contributed by atoms with Gasteiger partial charge < -0.3 is 10.1 Å². The van der Waals surface area contributed by atoms with Gasteiger partial charge in [-0.15, -0.1) is 0 Å². The fourth-order valence-corrected chi connectivity index (χ4v) is 2.41. The van der Waals surface area contributed by atoms with Gasteiger partial charge in [-0.05, 0) is 42.9 Å². The van der Waals surface area contributed by atoms with Crippen molar-refractivity contribution in [2.45, 2.75) is 32.1 Å². The van der Waals surface area contributed by atoms with Gasteiger partial charge in [-0.25, -0.2) is 0 Å². The smallest absolute Gasteiger partial charge is 0.122 e. The van der Waals surface area contributed by atoms with E-state index in [0.717, 1.165) is 25.1 Å². The summed E-state index contributed by atoms with van der Waals surface area (Å²) >= 11 is 0. The van der Waals surface area contributed by atoms with Gasteiger partial charge in [0.25, 0.3) is 0 Å². The number of rotatable bonds is 6. The lowest BCUT2D eigenvalue weighted by Crippen LogP contribution is -2.16. The summed E-state index contributed by atoms with van der Waals surface area (Å²) < 4.78 is 5.42. The van der Waals surface area contributed by atoms with Crippen LogP contribution in [0.2, 0.25) is 0 Å². The summed E-state index contributed by atoms with van der Waals surface area (Å²) in [5.74, 6) is 1.49. The van der Waals surface area contributed by atoms with Gasteiger partial charge in [-0.3, -0.25) is 0 Å². The van der Waals surface area contributed by atoms with Gasteiger partial charge >= 0.3 is 0 Å². The number of para-hydroxylation sites is 1. The number of benzene rings is 1. The molecule has 0 saturated carbocycles. The number of ether oxygens (including phenoxy) is 1. The predicted octanol–water partition coefficient (Wildman–Crippen LogP) is 4.01. The second-order valence-corrected chi connectivity index (χ2v) is 5.00. The summed E-state index contributed by atoms with van der Waals surface area (Å²) in [4.78, 5) is 0. The van der Waals surface area contributed by atoms with Crippen molar-refractivity contribution in [3.63, 3.8) is 0 Å². The summed E-state index contributed by atoms with van der Waals surface area (Å²) in [6.07, 6.45) is 10.1. The fourth-order valence-electron chi connectivity index (χ4n) is 2.41. The molecule has 1 atom stereocenters. The molecule has 102 valence electrons. The minimum absolute atomic E-state index is 0.497. The van der Waals surface area contributed by atoms with Crippen molar-refractivity contribution >= 4 is 0 Å². The van der Waals surface area contributed by atoms with E-state index in [1.165, 1.54) is 17.7 Å². The maximum Gasteiger partial charge on any atom is 0.122 e. The second-order valence-electron chi connectivity index (χ2n) is 5.00. The van der Waals surface area contributed by atoms with E-state index in [1.807, 2.05) is 12.1 Å². The van der Waals surface area contributed by atoms with E-state index < -0.39 is 0 Å². The number of allylic oxidation sites excluding steroid dienone is 3. The first-order chi connectivity index (χ1) is 9.31. The molecule has 0 saturated heterocycles. The van der Waals surface area contributed by atoms with E-state index in [4.69, 9.17) is 4.74 Å². The highest BCUT2D eigenvalue weighted by Crippen LogP contribution is 2.28. The van der Waals surface area contributed by atoms with Gasteiger partial charge in [0.1, 0.15) is 5.75 Å². The molecule has 1 aliphatic rings. The Morgan fingerprint density at radius 1 is 1.26 bits per heavy atom. The van der Waals surface area contributed by atoms with Crippen molar-refractivity contribution in [2.75, 3.05) is 13.7 Å². The average Bonchev–Trinajstić information content (AvgIpc) is 2.48. The Labute approximate surface area is 116 Å². The second kappa shape index (κ2) is 7.03. The summed E-state index contributed by atoms with van der Waals surface area (Å²) in [6, 6.07) is 8.29. The molecule has 0 spiro atoms. The highest BCUT2D eigenvalue weighted by atomic mass is 16.5. The van der Waals surface area contributed by atoms with Crippen LogP contribution in [0.25, 0.3) is 0 Å². The Morgan fingerprint density at radius 2 is 2.11 bits per heavy atom. The summed E-state index contributed by atoms with van der Waals surface area (Å²) in [5, 5.41) is 3.49. The molecular formula is C17H23NO. The molecule has 0 radical (unpaired) electrons. The van der Waals surface area contributed by atoms with Crippen molar-refractivity contribution in [2.24, 2.45) is 0 Å². The van der Waals surface area contributed by atoms with Crippen molar-refractivity contribution < 1.29 is 4.74 Å². The lowest BCUT2D eigenvalue weighted by atomic mass is 9.97. The summed E-state index contributed by atoms with van der Waals surface area (Å²) in [6.45, 7) is 3.25. The molecule has 0 aromatic heterocycles. The van der Waals surface area contributed by atoms with E-state index >= 15 is 0 Å². The molecule has 0 aliphatic heterocycles. The molecule has 1 N–H and O–H groups in total. The van der Waals surface area contributed by atoms with Gasteiger partial charge in [0.15, 0.2) is 0 Å². The third-order valence-corrected chi connectivity index (χ3v) is 3.57. The number of methoxy groups -OCH3 is 1. The zero-order valence-electron chi connectivity index (χ0n) is 11.9. The van der Waals surface area contributed by atoms with E-state index in [2.05, 4.69) is 42.6 Å². The van der Waals surface area contributed by atoms with E-state index in [-0.39, 0.29) is 0 Å². The molecule has 1 aliphatic carbocycles. The van der Waals surface area contributed by atoms with Crippen molar-refractivity contribution in [1.82, 2.24) is 5.32 Å². The molecule has 2 nitrogen and oxygen atoms in total. The van der Waals surface area contributed by atoms with Crippen LogP contribution < -0.4 is 10.1 Å². The Hall–Kier alpha value is -1.70. The lowest BCUT2D eigenvalue weighted by molar-refractivity contribution is 0.405. The normalized spacial score (nSPS) is 15.8. The zero-order chi connectivity index (χ0) is 13.5. The highest BCUT2D eigenvalue weighted by molar-refractivity contribution is 5.35. The standard InChI is InChI=1S/C17H23NO/c1-14(16-10-6-7-11-17(16)19-2)12-13-18-15-8-4-3-5-9-15/h4,6-11,14,18H,3,5,12-13H2,1-2H3. The molecular weight excluding hydrogens is 234 g/mol. The third kappa shape index (κ3) is 3.88. The Balaban J connectivity index is 1.85. The number of nitrogens with one attached hydrogen (secondary N) is 1. The van der Waals surface area contributed by atoms with Crippen LogP contribution in [-0.2, 0) is 0 Å². The monoisotopic (exact) mass is 257 g/mol. The van der Waals surface area contributed by atoms with Gasteiger partial charge in [-0.2, -0.15) is 0 Å². The van der Waals surface area contributed by atoms with Gasteiger partial charge in [0.05, 0.1) is 7.11 Å². The molecule has 0 bridgehead atoms. The topological polar surface area (TPSA) is 21.3 Å². The van der Waals surface area contributed by atoms with Crippen LogP contribution in [0.3, 0.4) is 0 Å². The van der Waals surface area contributed by atoms with Gasteiger partial charge in [0, 0.05) is 12.2 Å². The summed E-state index contributed by atoms with van der Waals surface area (Å²) in [5.41, 5.74) is 2.55. The van der Waals surface area contributed by atoms with Gasteiger partial charge in [0.2, 0.25) is 0 Å². The van der Waals surface area contributed by atoms with E-state index in [9.17, 15) is 0 Å². The summed E-state index contributed by atoms with van der Waals surface area (Å²) in [7, 11) is 1.74. The quantitative estimate of drug-likeness (QED) is 0.831. The van der Waals surface area contributed by atoms with E-state index in [0.29, 0.717) is 5.92 Å². The van der Waals surface area contributed by atoms with Crippen LogP contribution in [-0.4, -0.2) is 13.7 Å². The predicted molar refractivity (Wildman–Crippen MR) is 80.5 cm³/mol. The first kappa shape index (κ1) is 13.7. The molecule has 0 amide bonds. The minimum Gasteiger partial charge on any atom is -0.496 e. The average molecular weight is 257 g/mol. The van der Waals surface area contributed by atoms with Crippen molar-refractivity contribution in [3.05, 3.63) is 53.8 Å². The van der Waals surface area contributed by atoms with E-state index in [1.54, 1.807) is 7.11 Å². The van der Waals surface area contributed by atoms with Crippen LogP contribution in [0.1, 0.15) is 37.7 Å². The third-order valence-electron chi connectivity index (χ3n) is 3.57. The molecule has 2 heteroatoms. The Kier molecular flexibility index (Phi) is 5.08. The van der Waals surface area contributed by atoms with Crippen LogP contribution in [0.4, 0.5) is 0 Å². The zero-order valence-corrected chi connectivity index (χ0v) is 11.9. The first-order valence-corrected chi connectivity index (χ1v) is 7.04. The maximum atomic E-state index is 5.42. The Bertz CT molecular complexity index is 462. The number of hydrogen-bond donors (Lipinski definition) is 1. The molecule has 0 fully saturated rings. The molecule has 1 unspecified atom stereocenters. The van der Waals surface area contributed by atoms with Crippen LogP contribution >= 0.6 is 0 Å². The van der Waals surface area contributed by atoms with Crippen LogP contribution in [0, 0.1) is 0 Å². The van der Waals surface area contributed by atoms with Crippen molar-refractivity contribution in [3.8, 4) is 5.75 Å². The fraction of sp³-hybridized carbons (Fsp3) is 0.412. The Morgan fingerprint density at radius 3 is 2.84 bits per heavy atom. The first-order valence-electron chi connectivity index (χ1n) is 7.04. The minimum atomic E-state index is 0.497. The van der Waals surface area contributed by atoms with Crippen LogP contribution in [0.5, 0.6) is 5.75 Å².